The van der Waals surface area contributed by atoms with Gasteiger partial charge in [-0.2, -0.15) is 0 Å². The van der Waals surface area contributed by atoms with Crippen LogP contribution in [0.4, 0.5) is 4.79 Å². The van der Waals surface area contributed by atoms with Crippen molar-refractivity contribution in [2.24, 2.45) is 11.8 Å². The van der Waals surface area contributed by atoms with Gasteiger partial charge in [-0.15, -0.1) is 0 Å². The number of esters is 2. The molecule has 0 aromatic carbocycles. The van der Waals surface area contributed by atoms with Gasteiger partial charge in [-0.3, -0.25) is 19.2 Å². The summed E-state index contributed by atoms with van der Waals surface area (Å²) in [6, 6.07) is -2.35. The molecule has 1 aliphatic heterocycles. The summed E-state index contributed by atoms with van der Waals surface area (Å²) in [5.74, 6) is -3.10. The fourth-order valence-electron chi connectivity index (χ4n) is 3.37. The third kappa shape index (κ3) is 11.7. The molecule has 0 aromatic heterocycles. The van der Waals surface area contributed by atoms with E-state index in [-0.39, 0.29) is 43.9 Å². The largest absolute Gasteiger partial charge is 0.465 e. The Morgan fingerprint density at radius 2 is 1.72 bits per heavy atom. The first-order chi connectivity index (χ1) is 17.1. The van der Waals surface area contributed by atoms with E-state index in [1.165, 1.54) is 12.2 Å². The number of amides is 5. The van der Waals surface area contributed by atoms with E-state index in [4.69, 9.17) is 9.47 Å². The van der Waals surface area contributed by atoms with E-state index in [1.807, 2.05) is 0 Å². The predicted octanol–water partition coefficient (Wildman–Crippen LogP) is -0.880. The van der Waals surface area contributed by atoms with Gasteiger partial charge < -0.3 is 36.1 Å². The Labute approximate surface area is 210 Å². The zero-order chi connectivity index (χ0) is 27.1. The molecule has 0 aromatic rings. The summed E-state index contributed by atoms with van der Waals surface area (Å²) < 4.78 is 9.57. The number of urea groups is 1. The van der Waals surface area contributed by atoms with E-state index in [9.17, 15) is 28.8 Å². The number of nitrogens with one attached hydrogen (secondary N) is 5. The van der Waals surface area contributed by atoms with Crippen LogP contribution in [0.5, 0.6) is 0 Å². The van der Waals surface area contributed by atoms with Crippen LogP contribution in [0.25, 0.3) is 0 Å². The lowest BCUT2D eigenvalue weighted by molar-refractivity contribution is -0.142. The molecule has 1 heterocycles. The number of hydrogen-bond acceptors (Lipinski definition) is 8. The predicted molar refractivity (Wildman–Crippen MR) is 128 cm³/mol. The molecular formula is C23H37N5O8. The van der Waals surface area contributed by atoms with Gasteiger partial charge in [-0.05, 0) is 32.6 Å². The van der Waals surface area contributed by atoms with Crippen LogP contribution in [-0.2, 0) is 33.4 Å². The highest BCUT2D eigenvalue weighted by atomic mass is 16.5. The fourth-order valence-corrected chi connectivity index (χ4v) is 3.37. The van der Waals surface area contributed by atoms with Crippen LogP contribution >= 0.6 is 0 Å². The summed E-state index contributed by atoms with van der Waals surface area (Å²) >= 11 is 0. The quantitative estimate of drug-likeness (QED) is 0.147. The first-order valence-corrected chi connectivity index (χ1v) is 12.0. The van der Waals surface area contributed by atoms with E-state index in [0.717, 1.165) is 0 Å². The molecule has 13 nitrogen and oxygen atoms in total. The highest BCUT2D eigenvalue weighted by molar-refractivity contribution is 5.91. The molecule has 1 rings (SSSR count). The summed E-state index contributed by atoms with van der Waals surface area (Å²) in [6.45, 7) is 6.88. The van der Waals surface area contributed by atoms with E-state index >= 15 is 0 Å². The second-order valence-electron chi connectivity index (χ2n) is 8.37. The minimum Gasteiger partial charge on any atom is -0.465 e. The van der Waals surface area contributed by atoms with Crippen LogP contribution < -0.4 is 26.6 Å². The lowest BCUT2D eigenvalue weighted by atomic mass is 9.98. The zero-order valence-electron chi connectivity index (χ0n) is 21.2. The molecule has 3 atom stereocenters. The van der Waals surface area contributed by atoms with Crippen molar-refractivity contribution in [3.8, 4) is 0 Å². The molecule has 3 unspecified atom stereocenters. The van der Waals surface area contributed by atoms with Crippen molar-refractivity contribution in [2.45, 2.75) is 52.6 Å². The van der Waals surface area contributed by atoms with Gasteiger partial charge in [0, 0.05) is 24.6 Å². The van der Waals surface area contributed by atoms with Gasteiger partial charge in [0.1, 0.15) is 12.6 Å². The van der Waals surface area contributed by atoms with Crippen molar-refractivity contribution in [3.05, 3.63) is 12.2 Å². The minimum atomic E-state index is -0.971. The van der Waals surface area contributed by atoms with Crippen molar-refractivity contribution in [2.75, 3.05) is 32.8 Å². The molecule has 1 fully saturated rings. The number of hydrogen-bond donors (Lipinski definition) is 5. The van der Waals surface area contributed by atoms with Crippen molar-refractivity contribution >= 4 is 35.7 Å². The molecule has 5 amide bonds. The Balaban J connectivity index is 2.66. The molecule has 0 aliphatic carbocycles. The maximum atomic E-state index is 12.6. The van der Waals surface area contributed by atoms with Crippen LogP contribution in [0.3, 0.4) is 0 Å². The minimum absolute atomic E-state index is 0.126. The monoisotopic (exact) mass is 511 g/mol. The molecule has 5 N–H and O–H groups in total. The van der Waals surface area contributed by atoms with Crippen molar-refractivity contribution in [1.82, 2.24) is 26.6 Å². The second-order valence-corrected chi connectivity index (χ2v) is 8.37. The second kappa shape index (κ2) is 16.1. The molecule has 0 saturated carbocycles. The Kier molecular flexibility index (Phi) is 13.6. The topological polar surface area (TPSA) is 181 Å². The number of carbonyl (C=O) groups is 6. The van der Waals surface area contributed by atoms with Gasteiger partial charge in [0.05, 0.1) is 19.8 Å². The van der Waals surface area contributed by atoms with E-state index in [2.05, 4.69) is 26.6 Å². The molecule has 0 bridgehead atoms. The van der Waals surface area contributed by atoms with Crippen LogP contribution in [0.2, 0.25) is 0 Å². The van der Waals surface area contributed by atoms with Crippen molar-refractivity contribution in [1.29, 1.82) is 0 Å². The Morgan fingerprint density at radius 3 is 2.31 bits per heavy atom. The molecule has 13 heteroatoms. The highest BCUT2D eigenvalue weighted by Crippen LogP contribution is 2.16. The lowest BCUT2D eigenvalue weighted by Gasteiger charge is -2.22. The van der Waals surface area contributed by atoms with Gasteiger partial charge in [-0.25, -0.2) is 9.59 Å². The number of rotatable bonds is 14. The van der Waals surface area contributed by atoms with Crippen LogP contribution in [0, 0.1) is 11.8 Å². The lowest BCUT2D eigenvalue weighted by Crippen LogP contribution is -2.54. The number of ether oxygens (including phenoxy) is 2. The molecule has 0 spiro atoms. The van der Waals surface area contributed by atoms with Gasteiger partial charge >= 0.3 is 18.0 Å². The Bertz CT molecular complexity index is 829. The highest BCUT2D eigenvalue weighted by Gasteiger charge is 2.28. The standard InChI is InChI=1S/C23H37N5O8/c1-5-35-18(30)8-7-16(11-15-9-10-24-21(15)32)27-17(29)12-25-22(33)20(14(3)4)28-23(34)26-13-19(31)36-6-2/h7-8,14-16,20H,5-6,9-13H2,1-4H3,(H,24,32)(H,25,33)(H,27,29)(H2,26,28,34)/b8-7+. The SMILES string of the molecule is CCOC(=O)/C=C/C(CC1CCNC1=O)NC(=O)CNC(=O)C(NC(=O)NCC(=O)OCC)C(C)C. The average Bonchev–Trinajstić information content (AvgIpc) is 3.22. The Hall–Kier alpha value is -3.64. The average molecular weight is 512 g/mol. The number of carbonyl (C=O) groups excluding carboxylic acids is 6. The fraction of sp³-hybridized carbons (Fsp3) is 0.652. The van der Waals surface area contributed by atoms with Gasteiger partial charge in [0.25, 0.3) is 0 Å². The van der Waals surface area contributed by atoms with Crippen molar-refractivity contribution in [3.63, 3.8) is 0 Å². The van der Waals surface area contributed by atoms with E-state index in [0.29, 0.717) is 13.0 Å². The van der Waals surface area contributed by atoms with Crippen molar-refractivity contribution < 1.29 is 38.2 Å². The third-order valence-corrected chi connectivity index (χ3v) is 5.16. The van der Waals surface area contributed by atoms with Gasteiger partial charge in [-0.1, -0.05) is 19.9 Å². The van der Waals surface area contributed by atoms with E-state index < -0.39 is 48.4 Å². The molecule has 0 radical (unpaired) electrons. The smallest absolute Gasteiger partial charge is 0.330 e. The van der Waals surface area contributed by atoms with Crippen LogP contribution in [-0.4, -0.2) is 80.6 Å². The van der Waals surface area contributed by atoms with E-state index in [1.54, 1.807) is 27.7 Å². The van der Waals surface area contributed by atoms with Crippen LogP contribution in [0.1, 0.15) is 40.5 Å². The summed E-state index contributed by atoms with van der Waals surface area (Å²) in [5, 5.41) is 12.7. The van der Waals surface area contributed by atoms with Gasteiger partial charge in [0.15, 0.2) is 0 Å². The molecule has 202 valence electrons. The molecule has 1 saturated heterocycles. The zero-order valence-corrected chi connectivity index (χ0v) is 21.2. The maximum Gasteiger partial charge on any atom is 0.330 e. The van der Waals surface area contributed by atoms with Gasteiger partial charge in [0.2, 0.25) is 17.7 Å². The first-order valence-electron chi connectivity index (χ1n) is 12.0. The Morgan fingerprint density at radius 1 is 1.03 bits per heavy atom. The third-order valence-electron chi connectivity index (χ3n) is 5.16. The molecule has 36 heavy (non-hydrogen) atoms. The normalized spacial score (nSPS) is 16.6. The summed E-state index contributed by atoms with van der Waals surface area (Å²) in [6.07, 6.45) is 3.52. The molecular weight excluding hydrogens is 474 g/mol. The van der Waals surface area contributed by atoms with Crippen LogP contribution in [0.15, 0.2) is 12.2 Å². The first kappa shape index (κ1) is 30.4. The summed E-state index contributed by atoms with van der Waals surface area (Å²) in [5.41, 5.74) is 0. The molecule has 1 aliphatic rings. The summed E-state index contributed by atoms with van der Waals surface area (Å²) in [7, 11) is 0. The summed E-state index contributed by atoms with van der Waals surface area (Å²) in [4.78, 5) is 72.1. The maximum absolute atomic E-state index is 12.6.